The molecule has 0 amide bonds. The Morgan fingerprint density at radius 1 is 1.23 bits per heavy atom. The number of rotatable bonds is 5. The van der Waals surface area contributed by atoms with Crippen molar-refractivity contribution in [2.75, 3.05) is 12.3 Å². The first-order valence-electron chi connectivity index (χ1n) is 6.11. The van der Waals surface area contributed by atoms with Gasteiger partial charge in [-0.05, 0) is 5.56 Å². The molecule has 22 heavy (non-hydrogen) atoms. The third-order valence-corrected chi connectivity index (χ3v) is 3.34. The highest BCUT2D eigenvalue weighted by atomic mass is 35.5. The van der Waals surface area contributed by atoms with Gasteiger partial charge in [0, 0.05) is 0 Å². The first-order chi connectivity index (χ1) is 10.5. The van der Waals surface area contributed by atoms with Crippen LogP contribution in [-0.2, 0) is 16.1 Å². The van der Waals surface area contributed by atoms with E-state index in [4.69, 9.17) is 38.4 Å². The summed E-state index contributed by atoms with van der Waals surface area (Å²) in [6.45, 7) is -0.388. The van der Waals surface area contributed by atoms with Crippen molar-refractivity contribution in [1.82, 2.24) is 4.98 Å². The second kappa shape index (κ2) is 7.29. The van der Waals surface area contributed by atoms with Crippen molar-refractivity contribution in [2.24, 2.45) is 0 Å². The largest absolute Gasteiger partial charge is 0.464 e. The number of nitrogens with two attached hydrogens (primary N) is 1. The number of nitrogen functional groups attached to an aromatic ring is 1. The Morgan fingerprint density at radius 2 is 1.91 bits per heavy atom. The summed E-state index contributed by atoms with van der Waals surface area (Å²) < 4.78 is 23.3. The number of carbonyl (C=O) groups excluding carboxylic acids is 1. The molecule has 5 nitrogen and oxygen atoms in total. The lowest BCUT2D eigenvalue weighted by Crippen LogP contribution is -2.16. The molecule has 8 heteroatoms. The Hall–Kier alpha value is -2.05. The van der Waals surface area contributed by atoms with Crippen LogP contribution in [0.4, 0.5) is 10.1 Å². The molecule has 0 aliphatic carbocycles. The molecule has 0 spiro atoms. The van der Waals surface area contributed by atoms with Crippen molar-refractivity contribution >= 4 is 34.9 Å². The monoisotopic (exact) mass is 344 g/mol. The van der Waals surface area contributed by atoms with E-state index in [-0.39, 0.29) is 23.2 Å². The van der Waals surface area contributed by atoms with Crippen LogP contribution in [-0.4, -0.2) is 17.6 Å². The van der Waals surface area contributed by atoms with Crippen molar-refractivity contribution in [3.63, 3.8) is 0 Å². The minimum atomic E-state index is -1.03. The number of ether oxygens (including phenoxy) is 2. The van der Waals surface area contributed by atoms with Crippen molar-refractivity contribution in [1.29, 1.82) is 0 Å². The summed E-state index contributed by atoms with van der Waals surface area (Å²) in [6.07, 6.45) is 0. The minimum absolute atomic E-state index is 0.0985. The van der Waals surface area contributed by atoms with Crippen LogP contribution in [0.1, 0.15) is 5.56 Å². The molecular weight excluding hydrogens is 334 g/mol. The maximum atomic E-state index is 13.3. The van der Waals surface area contributed by atoms with Crippen molar-refractivity contribution in [3.8, 4) is 5.88 Å². The van der Waals surface area contributed by atoms with Gasteiger partial charge in [0.1, 0.15) is 16.7 Å². The fourth-order valence-corrected chi connectivity index (χ4v) is 1.89. The quantitative estimate of drug-likeness (QED) is 0.665. The van der Waals surface area contributed by atoms with Gasteiger partial charge in [0.2, 0.25) is 11.8 Å². The summed E-state index contributed by atoms with van der Waals surface area (Å²) >= 11 is 11.4. The highest BCUT2D eigenvalue weighted by molar-refractivity contribution is 6.39. The smallest absolute Gasteiger partial charge is 0.344 e. The number of pyridine rings is 1. The first kappa shape index (κ1) is 16.3. The van der Waals surface area contributed by atoms with Gasteiger partial charge in [0.05, 0.1) is 5.69 Å². The first-order valence-corrected chi connectivity index (χ1v) is 6.87. The molecule has 0 atom stereocenters. The van der Waals surface area contributed by atoms with Crippen molar-refractivity contribution < 1.29 is 18.7 Å². The van der Waals surface area contributed by atoms with E-state index in [9.17, 15) is 9.18 Å². The average molecular weight is 345 g/mol. The zero-order chi connectivity index (χ0) is 16.1. The van der Waals surface area contributed by atoms with Crippen LogP contribution in [0.5, 0.6) is 5.88 Å². The van der Waals surface area contributed by atoms with Gasteiger partial charge >= 0.3 is 5.97 Å². The Morgan fingerprint density at radius 3 is 2.59 bits per heavy atom. The number of anilines is 1. The minimum Gasteiger partial charge on any atom is -0.464 e. The second-order valence-corrected chi connectivity index (χ2v) is 4.94. The summed E-state index contributed by atoms with van der Waals surface area (Å²) in [5, 5.41) is -0.564. The van der Waals surface area contributed by atoms with Crippen LogP contribution in [0.25, 0.3) is 0 Å². The summed E-state index contributed by atoms with van der Waals surface area (Å²) in [6, 6.07) is 9.11. The van der Waals surface area contributed by atoms with Crippen LogP contribution in [0.3, 0.4) is 0 Å². The Kier molecular flexibility index (Phi) is 5.41. The maximum Gasteiger partial charge on any atom is 0.344 e. The van der Waals surface area contributed by atoms with Gasteiger partial charge in [-0.15, -0.1) is 0 Å². The van der Waals surface area contributed by atoms with E-state index < -0.39 is 23.5 Å². The van der Waals surface area contributed by atoms with E-state index in [1.54, 1.807) is 0 Å². The van der Waals surface area contributed by atoms with Crippen LogP contribution >= 0.6 is 23.2 Å². The summed E-state index contributed by atoms with van der Waals surface area (Å²) in [5.41, 5.74) is 6.11. The standard InChI is InChI=1S/C14H11Cl2FN2O3/c15-10-12(18)11(16)14(19-13(10)17)22-7-9(20)21-6-8-4-2-1-3-5-8/h1-5H,6-7H2,(H2,18,19). The lowest BCUT2D eigenvalue weighted by atomic mass is 10.2. The molecule has 0 aliphatic rings. The molecule has 0 fully saturated rings. The van der Waals surface area contributed by atoms with Gasteiger partial charge in [-0.1, -0.05) is 53.5 Å². The number of aromatic nitrogens is 1. The molecule has 116 valence electrons. The third kappa shape index (κ3) is 3.99. The molecule has 0 unspecified atom stereocenters. The Bertz CT molecular complexity index is 684. The highest BCUT2D eigenvalue weighted by Crippen LogP contribution is 2.35. The number of nitrogens with zero attached hydrogens (tertiary/aromatic N) is 1. The van der Waals surface area contributed by atoms with Gasteiger partial charge in [0.15, 0.2) is 6.61 Å². The van der Waals surface area contributed by atoms with E-state index >= 15 is 0 Å². The number of halogens is 3. The van der Waals surface area contributed by atoms with Gasteiger partial charge in [0.25, 0.3) is 0 Å². The lowest BCUT2D eigenvalue weighted by molar-refractivity contribution is -0.147. The molecule has 2 aromatic rings. The SMILES string of the molecule is Nc1c(Cl)c(F)nc(OCC(=O)OCc2ccccc2)c1Cl. The molecule has 2 rings (SSSR count). The van der Waals surface area contributed by atoms with Crippen LogP contribution in [0, 0.1) is 5.95 Å². The average Bonchev–Trinajstić information content (AvgIpc) is 2.54. The van der Waals surface area contributed by atoms with Gasteiger partial charge in [-0.3, -0.25) is 0 Å². The normalized spacial score (nSPS) is 10.3. The van der Waals surface area contributed by atoms with Gasteiger partial charge in [-0.2, -0.15) is 9.37 Å². The molecule has 0 radical (unpaired) electrons. The Balaban J connectivity index is 1.92. The van der Waals surface area contributed by atoms with Crippen LogP contribution in [0.2, 0.25) is 10.0 Å². The lowest BCUT2D eigenvalue weighted by Gasteiger charge is -2.10. The molecule has 1 aromatic heterocycles. The van der Waals surface area contributed by atoms with E-state index in [0.717, 1.165) is 5.56 Å². The molecule has 2 N–H and O–H groups in total. The van der Waals surface area contributed by atoms with Crippen molar-refractivity contribution in [2.45, 2.75) is 6.61 Å². The topological polar surface area (TPSA) is 74.4 Å². The van der Waals surface area contributed by atoms with E-state index in [1.807, 2.05) is 30.3 Å². The second-order valence-electron chi connectivity index (χ2n) is 4.18. The number of hydrogen-bond acceptors (Lipinski definition) is 5. The fourth-order valence-electron chi connectivity index (χ4n) is 1.51. The molecular formula is C14H11Cl2FN2O3. The molecule has 0 aliphatic heterocycles. The fraction of sp³-hybridized carbons (Fsp3) is 0.143. The number of esters is 1. The molecule has 0 bridgehead atoms. The number of benzene rings is 1. The maximum absolute atomic E-state index is 13.3. The zero-order valence-corrected chi connectivity index (χ0v) is 12.7. The summed E-state index contributed by atoms with van der Waals surface area (Å²) in [5.74, 6) is -2.01. The Labute approximate surface area is 135 Å². The molecule has 1 aromatic carbocycles. The highest BCUT2D eigenvalue weighted by Gasteiger charge is 2.17. The van der Waals surface area contributed by atoms with E-state index in [2.05, 4.69) is 4.98 Å². The van der Waals surface area contributed by atoms with Crippen LogP contribution < -0.4 is 10.5 Å². The van der Waals surface area contributed by atoms with Crippen molar-refractivity contribution in [3.05, 3.63) is 51.9 Å². The molecule has 0 saturated heterocycles. The van der Waals surface area contributed by atoms with E-state index in [1.165, 1.54) is 0 Å². The zero-order valence-electron chi connectivity index (χ0n) is 11.2. The van der Waals surface area contributed by atoms with E-state index in [0.29, 0.717) is 0 Å². The molecule has 0 saturated carbocycles. The molecule has 1 heterocycles. The predicted octanol–water partition coefficient (Wildman–Crippen LogP) is 3.23. The summed E-state index contributed by atoms with van der Waals surface area (Å²) in [4.78, 5) is 15.0. The third-order valence-electron chi connectivity index (χ3n) is 2.61. The number of carbonyl (C=O) groups is 1. The summed E-state index contributed by atoms with van der Waals surface area (Å²) in [7, 11) is 0. The number of hydrogen-bond donors (Lipinski definition) is 1. The predicted molar refractivity (Wildman–Crippen MR) is 80.4 cm³/mol. The van der Waals surface area contributed by atoms with Gasteiger partial charge < -0.3 is 15.2 Å². The van der Waals surface area contributed by atoms with Gasteiger partial charge in [-0.25, -0.2) is 4.79 Å². The van der Waals surface area contributed by atoms with Crippen LogP contribution in [0.15, 0.2) is 30.3 Å².